The number of aryl methyl sites for hydroxylation is 1. The molecule has 0 aliphatic carbocycles. The SMILES string of the molecule is CCc1cc(CNC(C)(C)C)cc(OC2CCOC2)n1. The molecule has 1 unspecified atom stereocenters. The number of hydrogen-bond acceptors (Lipinski definition) is 4. The van der Waals surface area contributed by atoms with Gasteiger partial charge in [0.2, 0.25) is 5.88 Å². The molecule has 1 atom stereocenters. The number of nitrogens with zero attached hydrogens (tertiary/aromatic N) is 1. The normalized spacial score (nSPS) is 19.3. The molecule has 20 heavy (non-hydrogen) atoms. The van der Waals surface area contributed by atoms with Crippen molar-refractivity contribution in [1.29, 1.82) is 0 Å². The fourth-order valence-corrected chi connectivity index (χ4v) is 2.11. The number of ether oxygens (including phenoxy) is 2. The van der Waals surface area contributed by atoms with Gasteiger partial charge in [-0.15, -0.1) is 0 Å². The van der Waals surface area contributed by atoms with Gasteiger partial charge in [-0.2, -0.15) is 0 Å². The average Bonchev–Trinajstić information content (AvgIpc) is 2.88. The van der Waals surface area contributed by atoms with Crippen LogP contribution in [0.4, 0.5) is 0 Å². The van der Waals surface area contributed by atoms with Gasteiger partial charge in [-0.05, 0) is 38.8 Å². The Morgan fingerprint density at radius 1 is 1.40 bits per heavy atom. The monoisotopic (exact) mass is 278 g/mol. The Hall–Kier alpha value is -1.13. The van der Waals surface area contributed by atoms with Crippen LogP contribution in [0.15, 0.2) is 12.1 Å². The van der Waals surface area contributed by atoms with Crippen molar-refractivity contribution in [1.82, 2.24) is 10.3 Å². The van der Waals surface area contributed by atoms with Gasteiger partial charge in [-0.3, -0.25) is 0 Å². The van der Waals surface area contributed by atoms with E-state index in [2.05, 4.69) is 44.1 Å². The largest absolute Gasteiger partial charge is 0.472 e. The fourth-order valence-electron chi connectivity index (χ4n) is 2.11. The molecule has 1 aromatic rings. The highest BCUT2D eigenvalue weighted by Crippen LogP contribution is 2.18. The lowest BCUT2D eigenvalue weighted by Gasteiger charge is -2.21. The minimum Gasteiger partial charge on any atom is -0.472 e. The van der Waals surface area contributed by atoms with Gasteiger partial charge in [0.1, 0.15) is 6.10 Å². The first-order valence-corrected chi connectivity index (χ1v) is 7.45. The Morgan fingerprint density at radius 2 is 2.20 bits per heavy atom. The summed E-state index contributed by atoms with van der Waals surface area (Å²) in [4.78, 5) is 4.55. The van der Waals surface area contributed by atoms with Crippen LogP contribution >= 0.6 is 0 Å². The molecule has 0 aromatic carbocycles. The zero-order valence-electron chi connectivity index (χ0n) is 13.0. The van der Waals surface area contributed by atoms with Gasteiger partial charge >= 0.3 is 0 Å². The minimum atomic E-state index is 0.107. The topological polar surface area (TPSA) is 43.4 Å². The lowest BCUT2D eigenvalue weighted by atomic mass is 10.1. The fraction of sp³-hybridized carbons (Fsp3) is 0.688. The third-order valence-electron chi connectivity index (χ3n) is 3.28. The maximum Gasteiger partial charge on any atom is 0.214 e. The van der Waals surface area contributed by atoms with Crippen molar-refractivity contribution >= 4 is 0 Å². The van der Waals surface area contributed by atoms with Gasteiger partial charge in [0.25, 0.3) is 0 Å². The Balaban J connectivity index is 2.06. The second-order valence-corrected chi connectivity index (χ2v) is 6.37. The summed E-state index contributed by atoms with van der Waals surface area (Å²) in [5.41, 5.74) is 2.41. The van der Waals surface area contributed by atoms with E-state index < -0.39 is 0 Å². The summed E-state index contributed by atoms with van der Waals surface area (Å²) >= 11 is 0. The highest BCUT2D eigenvalue weighted by molar-refractivity contribution is 5.25. The molecule has 1 aliphatic rings. The van der Waals surface area contributed by atoms with Crippen LogP contribution in [0.5, 0.6) is 5.88 Å². The summed E-state index contributed by atoms with van der Waals surface area (Å²) in [5, 5.41) is 3.50. The highest BCUT2D eigenvalue weighted by atomic mass is 16.5. The highest BCUT2D eigenvalue weighted by Gasteiger charge is 2.18. The zero-order chi connectivity index (χ0) is 14.6. The summed E-state index contributed by atoms with van der Waals surface area (Å²) in [5.74, 6) is 0.727. The van der Waals surface area contributed by atoms with E-state index in [-0.39, 0.29) is 11.6 Å². The van der Waals surface area contributed by atoms with Crippen molar-refractivity contribution < 1.29 is 9.47 Å². The number of aromatic nitrogens is 1. The number of rotatable bonds is 5. The van der Waals surface area contributed by atoms with Crippen molar-refractivity contribution in [3.63, 3.8) is 0 Å². The molecule has 0 amide bonds. The lowest BCUT2D eigenvalue weighted by molar-refractivity contribution is 0.138. The van der Waals surface area contributed by atoms with Crippen molar-refractivity contribution in [2.24, 2.45) is 0 Å². The predicted octanol–water partition coefficient (Wildman–Crippen LogP) is 2.70. The maximum absolute atomic E-state index is 5.93. The predicted molar refractivity (Wildman–Crippen MR) is 80.1 cm³/mol. The van der Waals surface area contributed by atoms with E-state index in [1.54, 1.807) is 0 Å². The standard InChI is InChI=1S/C16H26N2O2/c1-5-13-8-12(10-17-16(2,3)4)9-15(18-13)20-14-6-7-19-11-14/h8-9,14,17H,5-7,10-11H2,1-4H3. The molecule has 1 saturated heterocycles. The molecule has 1 fully saturated rings. The molecule has 1 aliphatic heterocycles. The van der Waals surface area contributed by atoms with Crippen LogP contribution in [-0.4, -0.2) is 29.8 Å². The third kappa shape index (κ3) is 4.76. The summed E-state index contributed by atoms with van der Waals surface area (Å²) in [7, 11) is 0. The molecular formula is C16H26N2O2. The molecule has 4 nitrogen and oxygen atoms in total. The van der Waals surface area contributed by atoms with E-state index in [1.165, 1.54) is 5.56 Å². The van der Waals surface area contributed by atoms with Crippen LogP contribution in [0.25, 0.3) is 0 Å². The van der Waals surface area contributed by atoms with Gasteiger partial charge in [-0.25, -0.2) is 4.98 Å². The van der Waals surface area contributed by atoms with Crippen LogP contribution in [-0.2, 0) is 17.7 Å². The van der Waals surface area contributed by atoms with Crippen molar-refractivity contribution in [3.8, 4) is 5.88 Å². The van der Waals surface area contributed by atoms with Gasteiger partial charge in [0.15, 0.2) is 0 Å². The number of nitrogens with one attached hydrogen (secondary N) is 1. The average molecular weight is 278 g/mol. The third-order valence-corrected chi connectivity index (χ3v) is 3.28. The first-order chi connectivity index (χ1) is 9.46. The Morgan fingerprint density at radius 3 is 2.80 bits per heavy atom. The molecular weight excluding hydrogens is 252 g/mol. The molecule has 2 heterocycles. The van der Waals surface area contributed by atoms with Gasteiger partial charge in [0.05, 0.1) is 13.2 Å². The van der Waals surface area contributed by atoms with E-state index >= 15 is 0 Å². The van der Waals surface area contributed by atoms with Crippen LogP contribution < -0.4 is 10.1 Å². The first-order valence-electron chi connectivity index (χ1n) is 7.45. The quantitative estimate of drug-likeness (QED) is 0.899. The summed E-state index contributed by atoms with van der Waals surface area (Å²) in [6.07, 6.45) is 2.02. The second kappa shape index (κ2) is 6.55. The Bertz CT molecular complexity index is 435. The molecule has 112 valence electrons. The number of hydrogen-bond donors (Lipinski definition) is 1. The molecule has 0 bridgehead atoms. The smallest absolute Gasteiger partial charge is 0.214 e. The molecule has 2 rings (SSSR count). The van der Waals surface area contributed by atoms with E-state index in [0.717, 1.165) is 37.6 Å². The minimum absolute atomic E-state index is 0.107. The number of pyridine rings is 1. The van der Waals surface area contributed by atoms with Crippen molar-refractivity contribution in [2.45, 2.75) is 58.7 Å². The zero-order valence-corrected chi connectivity index (χ0v) is 13.0. The van der Waals surface area contributed by atoms with Gasteiger partial charge in [0, 0.05) is 30.3 Å². The van der Waals surface area contributed by atoms with Crippen LogP contribution in [0.1, 0.15) is 45.4 Å². The molecule has 4 heteroatoms. The molecule has 0 radical (unpaired) electrons. The van der Waals surface area contributed by atoms with Crippen LogP contribution in [0, 0.1) is 0 Å². The molecule has 0 spiro atoms. The van der Waals surface area contributed by atoms with Crippen molar-refractivity contribution in [3.05, 3.63) is 23.4 Å². The van der Waals surface area contributed by atoms with E-state index in [0.29, 0.717) is 6.61 Å². The second-order valence-electron chi connectivity index (χ2n) is 6.37. The molecule has 0 saturated carbocycles. The maximum atomic E-state index is 5.93. The van der Waals surface area contributed by atoms with Gasteiger partial charge < -0.3 is 14.8 Å². The Kier molecular flexibility index (Phi) is 5.00. The molecule has 1 N–H and O–H groups in total. The lowest BCUT2D eigenvalue weighted by Crippen LogP contribution is -2.35. The summed E-state index contributed by atoms with van der Waals surface area (Å²) < 4.78 is 11.3. The summed E-state index contributed by atoms with van der Waals surface area (Å²) in [6.45, 7) is 10.9. The van der Waals surface area contributed by atoms with E-state index in [9.17, 15) is 0 Å². The van der Waals surface area contributed by atoms with E-state index in [4.69, 9.17) is 9.47 Å². The molecule has 1 aromatic heterocycles. The Labute approximate surface area is 121 Å². The van der Waals surface area contributed by atoms with Gasteiger partial charge in [-0.1, -0.05) is 6.92 Å². The van der Waals surface area contributed by atoms with Crippen molar-refractivity contribution in [2.75, 3.05) is 13.2 Å². The van der Waals surface area contributed by atoms with Crippen LogP contribution in [0.3, 0.4) is 0 Å². The summed E-state index contributed by atoms with van der Waals surface area (Å²) in [6, 6.07) is 4.19. The first kappa shape index (κ1) is 15.3. The van der Waals surface area contributed by atoms with Crippen LogP contribution in [0.2, 0.25) is 0 Å². The van der Waals surface area contributed by atoms with E-state index in [1.807, 2.05) is 6.07 Å².